The second-order valence-electron chi connectivity index (χ2n) is 4.99. The lowest BCUT2D eigenvalue weighted by Gasteiger charge is -2.10. The van der Waals surface area contributed by atoms with E-state index >= 15 is 0 Å². The van der Waals surface area contributed by atoms with Crippen molar-refractivity contribution in [1.82, 2.24) is 15.0 Å². The minimum atomic E-state index is 0.366. The van der Waals surface area contributed by atoms with E-state index in [0.29, 0.717) is 11.8 Å². The third-order valence-corrected chi connectivity index (χ3v) is 2.73. The van der Waals surface area contributed by atoms with Crippen LogP contribution in [-0.4, -0.2) is 15.0 Å². The first-order valence-corrected chi connectivity index (χ1v) is 5.86. The average molecular weight is 217 g/mol. The predicted octanol–water partition coefficient (Wildman–Crippen LogP) is 3.51. The molecule has 0 spiro atoms. The Labute approximate surface area is 96.3 Å². The van der Waals surface area contributed by atoms with E-state index < -0.39 is 0 Å². The Kier molecular flexibility index (Phi) is 2.70. The third-order valence-electron chi connectivity index (χ3n) is 2.73. The van der Waals surface area contributed by atoms with E-state index in [1.807, 2.05) is 0 Å². The molecule has 1 N–H and O–H groups in total. The van der Waals surface area contributed by atoms with Gasteiger partial charge < -0.3 is 4.98 Å². The summed E-state index contributed by atoms with van der Waals surface area (Å²) in [6.07, 6.45) is 0. The Hall–Kier alpha value is -1.38. The molecule has 3 heteroatoms. The summed E-state index contributed by atoms with van der Waals surface area (Å²) in [6, 6.07) is 2.13. The Morgan fingerprint density at radius 3 is 2.31 bits per heavy atom. The molecular formula is C13H19N3. The molecule has 2 heterocycles. The fourth-order valence-electron chi connectivity index (χ4n) is 1.88. The summed E-state index contributed by atoms with van der Waals surface area (Å²) in [6.45, 7) is 10.7. The quantitative estimate of drug-likeness (QED) is 0.836. The van der Waals surface area contributed by atoms with Gasteiger partial charge in [0.25, 0.3) is 0 Å². The van der Waals surface area contributed by atoms with Gasteiger partial charge in [0.15, 0.2) is 0 Å². The summed E-state index contributed by atoms with van der Waals surface area (Å²) in [7, 11) is 0. The molecule has 0 atom stereocenters. The standard InChI is InChI=1S/C13H19N3/c1-7(2)11-10-6-9(5)14-13(10)16-12(15-11)8(3)4/h6-8H,1-5H3,(H,14,15,16). The lowest BCUT2D eigenvalue weighted by atomic mass is 10.1. The summed E-state index contributed by atoms with van der Waals surface area (Å²) >= 11 is 0. The van der Waals surface area contributed by atoms with Gasteiger partial charge in [-0.05, 0) is 18.9 Å². The molecule has 86 valence electrons. The van der Waals surface area contributed by atoms with Gasteiger partial charge in [-0.3, -0.25) is 0 Å². The summed E-state index contributed by atoms with van der Waals surface area (Å²) in [4.78, 5) is 12.6. The van der Waals surface area contributed by atoms with Gasteiger partial charge in [-0.15, -0.1) is 0 Å². The number of nitrogens with one attached hydrogen (secondary N) is 1. The molecular weight excluding hydrogens is 198 g/mol. The van der Waals surface area contributed by atoms with Crippen molar-refractivity contribution >= 4 is 11.0 Å². The second kappa shape index (κ2) is 3.89. The minimum Gasteiger partial charge on any atom is -0.343 e. The van der Waals surface area contributed by atoms with Crippen molar-refractivity contribution in [2.75, 3.05) is 0 Å². The molecule has 16 heavy (non-hydrogen) atoms. The van der Waals surface area contributed by atoms with E-state index in [2.05, 4.69) is 55.6 Å². The SMILES string of the molecule is Cc1cc2c(C(C)C)nc(C(C)C)nc2[nH]1. The van der Waals surface area contributed by atoms with Crippen molar-refractivity contribution in [1.29, 1.82) is 0 Å². The van der Waals surface area contributed by atoms with Crippen LogP contribution in [0.3, 0.4) is 0 Å². The molecule has 3 nitrogen and oxygen atoms in total. The molecule has 0 fully saturated rings. The Balaban J connectivity index is 2.73. The van der Waals surface area contributed by atoms with Crippen LogP contribution in [0.1, 0.15) is 56.7 Å². The molecule has 0 amide bonds. The van der Waals surface area contributed by atoms with Gasteiger partial charge in [0.1, 0.15) is 11.5 Å². The monoisotopic (exact) mass is 217 g/mol. The van der Waals surface area contributed by atoms with E-state index in [-0.39, 0.29) is 0 Å². The van der Waals surface area contributed by atoms with Crippen LogP contribution < -0.4 is 0 Å². The van der Waals surface area contributed by atoms with Crippen LogP contribution in [0.15, 0.2) is 6.07 Å². The van der Waals surface area contributed by atoms with Crippen molar-refractivity contribution in [3.63, 3.8) is 0 Å². The zero-order valence-corrected chi connectivity index (χ0v) is 10.6. The maximum Gasteiger partial charge on any atom is 0.141 e. The van der Waals surface area contributed by atoms with E-state index in [1.165, 1.54) is 0 Å². The van der Waals surface area contributed by atoms with Gasteiger partial charge in [-0.1, -0.05) is 27.7 Å². The molecule has 0 saturated heterocycles. The Morgan fingerprint density at radius 2 is 1.75 bits per heavy atom. The Morgan fingerprint density at radius 1 is 1.06 bits per heavy atom. The molecule has 0 aromatic carbocycles. The summed E-state index contributed by atoms with van der Waals surface area (Å²) < 4.78 is 0. The maximum absolute atomic E-state index is 4.68. The first-order valence-electron chi connectivity index (χ1n) is 5.86. The number of aromatic nitrogens is 3. The number of hydrogen-bond acceptors (Lipinski definition) is 2. The van der Waals surface area contributed by atoms with Crippen LogP contribution in [0.5, 0.6) is 0 Å². The second-order valence-corrected chi connectivity index (χ2v) is 4.99. The lowest BCUT2D eigenvalue weighted by Crippen LogP contribution is -2.03. The van der Waals surface area contributed by atoms with Gasteiger partial charge in [-0.25, -0.2) is 9.97 Å². The molecule has 0 aliphatic carbocycles. The number of nitrogens with zero attached hydrogens (tertiary/aromatic N) is 2. The zero-order chi connectivity index (χ0) is 11.9. The van der Waals surface area contributed by atoms with E-state index in [4.69, 9.17) is 0 Å². The highest BCUT2D eigenvalue weighted by Crippen LogP contribution is 2.25. The van der Waals surface area contributed by atoms with Gasteiger partial charge in [0, 0.05) is 17.0 Å². The largest absolute Gasteiger partial charge is 0.343 e. The van der Waals surface area contributed by atoms with Crippen molar-refractivity contribution in [3.8, 4) is 0 Å². The first kappa shape index (κ1) is 11.1. The van der Waals surface area contributed by atoms with Gasteiger partial charge in [0.05, 0.1) is 5.69 Å². The molecule has 2 aromatic rings. The van der Waals surface area contributed by atoms with Crippen molar-refractivity contribution in [3.05, 3.63) is 23.3 Å². The van der Waals surface area contributed by atoms with E-state index in [1.54, 1.807) is 0 Å². The van der Waals surface area contributed by atoms with Crippen molar-refractivity contribution < 1.29 is 0 Å². The minimum absolute atomic E-state index is 0.366. The van der Waals surface area contributed by atoms with Crippen LogP contribution in [0.4, 0.5) is 0 Å². The lowest BCUT2D eigenvalue weighted by molar-refractivity contribution is 0.742. The number of hydrogen-bond donors (Lipinski definition) is 1. The summed E-state index contributed by atoms with van der Waals surface area (Å²) in [5.41, 5.74) is 3.27. The van der Waals surface area contributed by atoms with E-state index in [9.17, 15) is 0 Å². The number of H-pyrrole nitrogens is 1. The molecule has 0 aliphatic heterocycles. The summed E-state index contributed by atoms with van der Waals surface area (Å²) in [5.74, 6) is 1.72. The number of aromatic amines is 1. The molecule has 0 radical (unpaired) electrons. The average Bonchev–Trinajstić information content (AvgIpc) is 2.55. The molecule has 0 saturated carbocycles. The Bertz CT molecular complexity index is 509. The number of fused-ring (bicyclic) bond motifs is 1. The van der Waals surface area contributed by atoms with Gasteiger partial charge >= 0.3 is 0 Å². The highest BCUT2D eigenvalue weighted by atomic mass is 15.0. The first-order chi connectivity index (χ1) is 7.49. The van der Waals surface area contributed by atoms with Crippen LogP contribution in [0.2, 0.25) is 0 Å². The number of aryl methyl sites for hydroxylation is 1. The van der Waals surface area contributed by atoms with Gasteiger partial charge in [-0.2, -0.15) is 0 Å². The van der Waals surface area contributed by atoms with E-state index in [0.717, 1.165) is 28.2 Å². The molecule has 0 unspecified atom stereocenters. The molecule has 0 aliphatic rings. The fraction of sp³-hybridized carbons (Fsp3) is 0.538. The molecule has 2 rings (SSSR count). The van der Waals surface area contributed by atoms with Crippen molar-refractivity contribution in [2.45, 2.75) is 46.5 Å². The fourth-order valence-corrected chi connectivity index (χ4v) is 1.88. The maximum atomic E-state index is 4.68. The smallest absolute Gasteiger partial charge is 0.141 e. The summed E-state index contributed by atoms with van der Waals surface area (Å²) in [5, 5.41) is 1.16. The molecule has 2 aromatic heterocycles. The topological polar surface area (TPSA) is 41.6 Å². The predicted molar refractivity (Wildman–Crippen MR) is 66.8 cm³/mol. The third kappa shape index (κ3) is 1.82. The highest BCUT2D eigenvalue weighted by Gasteiger charge is 2.14. The van der Waals surface area contributed by atoms with Crippen LogP contribution in [0, 0.1) is 6.92 Å². The van der Waals surface area contributed by atoms with Crippen LogP contribution in [0.25, 0.3) is 11.0 Å². The highest BCUT2D eigenvalue weighted by molar-refractivity contribution is 5.79. The molecule has 0 bridgehead atoms. The van der Waals surface area contributed by atoms with Crippen LogP contribution >= 0.6 is 0 Å². The number of rotatable bonds is 2. The normalized spacial score (nSPS) is 11.9. The van der Waals surface area contributed by atoms with Gasteiger partial charge in [0.2, 0.25) is 0 Å². The van der Waals surface area contributed by atoms with Crippen LogP contribution in [-0.2, 0) is 0 Å². The van der Waals surface area contributed by atoms with Crippen molar-refractivity contribution in [2.24, 2.45) is 0 Å². The zero-order valence-electron chi connectivity index (χ0n) is 10.6.